The number of rotatable bonds is 4. The molecule has 84 valence electrons. The number of methoxy groups -OCH3 is 1. The molecule has 0 atom stereocenters. The molecular weight excluding hydrogens is 217 g/mol. The topological polar surface area (TPSA) is 35.2 Å². The van der Waals surface area contributed by atoms with Crippen LogP contribution in [0.5, 0.6) is 5.75 Å². The molecule has 0 aliphatic rings. The number of aryl methyl sites for hydroxylation is 1. The Morgan fingerprint density at radius 1 is 1.53 bits per heavy atom. The Morgan fingerprint density at radius 3 is 2.73 bits per heavy atom. The summed E-state index contributed by atoms with van der Waals surface area (Å²) in [7, 11) is 1.53. The summed E-state index contributed by atoms with van der Waals surface area (Å²) in [6.07, 6.45) is 1.26. The third-order valence-corrected chi connectivity index (χ3v) is 2.56. The predicted octanol–water partition coefficient (Wildman–Crippen LogP) is 2.69. The summed E-state index contributed by atoms with van der Waals surface area (Å²) in [6, 6.07) is 1.57. The number of halogens is 2. The summed E-state index contributed by atoms with van der Waals surface area (Å²) in [6.45, 7) is 2.37. The highest BCUT2D eigenvalue weighted by Gasteiger charge is 2.15. The monoisotopic (exact) mass is 231 g/mol. The van der Waals surface area contributed by atoms with Gasteiger partial charge in [0.1, 0.15) is 11.6 Å². The quantitative estimate of drug-likeness (QED) is 0.865. The summed E-state index contributed by atoms with van der Waals surface area (Å²) in [5.41, 5.74) is 6.76. The molecule has 0 bridgehead atoms. The molecule has 0 saturated carbocycles. The Balaban J connectivity index is 3.18. The second-order valence-electron chi connectivity index (χ2n) is 3.39. The van der Waals surface area contributed by atoms with Crippen molar-refractivity contribution in [1.29, 1.82) is 0 Å². The molecular formula is C11H15ClFNO. The van der Waals surface area contributed by atoms with Gasteiger partial charge in [0.05, 0.1) is 12.1 Å². The van der Waals surface area contributed by atoms with Gasteiger partial charge in [-0.2, -0.15) is 0 Å². The van der Waals surface area contributed by atoms with E-state index in [0.717, 1.165) is 5.56 Å². The van der Waals surface area contributed by atoms with Gasteiger partial charge in [-0.05, 0) is 37.9 Å². The highest BCUT2D eigenvalue weighted by Crippen LogP contribution is 2.31. The summed E-state index contributed by atoms with van der Waals surface area (Å²) >= 11 is 5.77. The summed E-state index contributed by atoms with van der Waals surface area (Å²) in [4.78, 5) is 0. The highest BCUT2D eigenvalue weighted by atomic mass is 35.5. The van der Waals surface area contributed by atoms with Crippen LogP contribution < -0.4 is 10.5 Å². The van der Waals surface area contributed by atoms with E-state index in [0.29, 0.717) is 30.7 Å². The lowest BCUT2D eigenvalue weighted by molar-refractivity contribution is 0.400. The van der Waals surface area contributed by atoms with Crippen molar-refractivity contribution in [1.82, 2.24) is 0 Å². The van der Waals surface area contributed by atoms with Crippen molar-refractivity contribution in [2.45, 2.75) is 19.8 Å². The maximum Gasteiger partial charge on any atom is 0.148 e. The van der Waals surface area contributed by atoms with Crippen molar-refractivity contribution in [3.8, 4) is 5.75 Å². The first-order valence-corrected chi connectivity index (χ1v) is 5.21. The molecule has 0 amide bonds. The van der Waals surface area contributed by atoms with Crippen LogP contribution in [0.4, 0.5) is 4.39 Å². The van der Waals surface area contributed by atoms with Crippen LogP contribution in [0.1, 0.15) is 17.5 Å². The highest BCUT2D eigenvalue weighted by molar-refractivity contribution is 6.30. The van der Waals surface area contributed by atoms with Crippen LogP contribution >= 0.6 is 11.6 Å². The van der Waals surface area contributed by atoms with Crippen molar-refractivity contribution in [3.63, 3.8) is 0 Å². The van der Waals surface area contributed by atoms with Crippen LogP contribution in [0.25, 0.3) is 0 Å². The van der Waals surface area contributed by atoms with E-state index >= 15 is 0 Å². The van der Waals surface area contributed by atoms with Crippen LogP contribution in [-0.4, -0.2) is 13.7 Å². The number of hydrogen-bond donors (Lipinski definition) is 1. The van der Waals surface area contributed by atoms with Gasteiger partial charge in [-0.25, -0.2) is 4.39 Å². The third kappa shape index (κ3) is 2.61. The lowest BCUT2D eigenvalue weighted by atomic mass is 10.0. The minimum Gasteiger partial charge on any atom is -0.496 e. The lowest BCUT2D eigenvalue weighted by Crippen LogP contribution is -2.04. The number of ether oxygens (including phenoxy) is 1. The van der Waals surface area contributed by atoms with Crippen LogP contribution in [0, 0.1) is 12.7 Å². The maximum absolute atomic E-state index is 13.7. The van der Waals surface area contributed by atoms with Crippen molar-refractivity contribution in [3.05, 3.63) is 28.0 Å². The van der Waals surface area contributed by atoms with E-state index in [9.17, 15) is 4.39 Å². The fourth-order valence-electron chi connectivity index (χ4n) is 1.59. The first-order chi connectivity index (χ1) is 7.11. The average molecular weight is 232 g/mol. The minimum atomic E-state index is -0.396. The Hall–Kier alpha value is -0.800. The molecule has 1 aromatic rings. The van der Waals surface area contributed by atoms with Crippen molar-refractivity contribution < 1.29 is 9.13 Å². The molecule has 0 spiro atoms. The van der Waals surface area contributed by atoms with E-state index in [1.54, 1.807) is 6.07 Å². The molecule has 0 aromatic heterocycles. The van der Waals surface area contributed by atoms with Gasteiger partial charge in [0, 0.05) is 5.56 Å². The second kappa shape index (κ2) is 5.33. The molecule has 0 saturated heterocycles. The van der Waals surface area contributed by atoms with E-state index in [-0.39, 0.29) is 5.02 Å². The van der Waals surface area contributed by atoms with Gasteiger partial charge < -0.3 is 10.5 Å². The molecule has 0 aliphatic heterocycles. The van der Waals surface area contributed by atoms with Crippen LogP contribution in [-0.2, 0) is 6.42 Å². The van der Waals surface area contributed by atoms with E-state index in [2.05, 4.69) is 0 Å². The van der Waals surface area contributed by atoms with Crippen molar-refractivity contribution in [2.75, 3.05) is 13.7 Å². The molecule has 2 N–H and O–H groups in total. The summed E-state index contributed by atoms with van der Waals surface area (Å²) in [5, 5.41) is 0.139. The number of benzene rings is 1. The Labute approximate surface area is 94.2 Å². The normalized spacial score (nSPS) is 10.5. The van der Waals surface area contributed by atoms with E-state index in [1.807, 2.05) is 6.92 Å². The third-order valence-electron chi connectivity index (χ3n) is 2.29. The molecule has 0 radical (unpaired) electrons. The van der Waals surface area contributed by atoms with E-state index in [4.69, 9.17) is 22.1 Å². The lowest BCUT2D eigenvalue weighted by Gasteiger charge is -2.13. The van der Waals surface area contributed by atoms with Gasteiger partial charge in [-0.1, -0.05) is 11.6 Å². The van der Waals surface area contributed by atoms with Crippen LogP contribution in [0.3, 0.4) is 0 Å². The molecule has 0 heterocycles. The Kier molecular flexibility index (Phi) is 4.36. The molecule has 2 nitrogen and oxygen atoms in total. The zero-order valence-electron chi connectivity index (χ0n) is 8.94. The molecule has 0 unspecified atom stereocenters. The molecule has 0 fully saturated rings. The maximum atomic E-state index is 13.7. The first-order valence-electron chi connectivity index (χ1n) is 4.83. The molecule has 1 rings (SSSR count). The van der Waals surface area contributed by atoms with Gasteiger partial charge in [-0.3, -0.25) is 0 Å². The van der Waals surface area contributed by atoms with Gasteiger partial charge in [0.15, 0.2) is 0 Å². The smallest absolute Gasteiger partial charge is 0.148 e. The largest absolute Gasteiger partial charge is 0.496 e. The van der Waals surface area contributed by atoms with Gasteiger partial charge in [0.25, 0.3) is 0 Å². The Bertz CT molecular complexity index is 355. The first kappa shape index (κ1) is 12.3. The van der Waals surface area contributed by atoms with Gasteiger partial charge in [-0.15, -0.1) is 0 Å². The second-order valence-corrected chi connectivity index (χ2v) is 3.80. The average Bonchev–Trinajstić information content (AvgIpc) is 2.21. The number of nitrogens with two attached hydrogens (primary N) is 1. The zero-order chi connectivity index (χ0) is 11.4. The number of hydrogen-bond acceptors (Lipinski definition) is 2. The molecule has 0 aliphatic carbocycles. The summed E-state index contributed by atoms with van der Waals surface area (Å²) < 4.78 is 18.9. The predicted molar refractivity (Wildman–Crippen MR) is 60.1 cm³/mol. The minimum absolute atomic E-state index is 0.139. The van der Waals surface area contributed by atoms with Crippen molar-refractivity contribution in [2.24, 2.45) is 5.73 Å². The fourth-order valence-corrected chi connectivity index (χ4v) is 1.86. The van der Waals surface area contributed by atoms with Gasteiger partial charge >= 0.3 is 0 Å². The molecule has 1 aromatic carbocycles. The standard InChI is InChI=1S/C11H15ClFNO/c1-7-6-9(12)10(13)8(4-3-5-14)11(7)15-2/h6H,3-5,14H2,1-2H3. The summed E-state index contributed by atoms with van der Waals surface area (Å²) in [5.74, 6) is 0.179. The molecule has 4 heteroatoms. The van der Waals surface area contributed by atoms with Crippen LogP contribution in [0.15, 0.2) is 6.07 Å². The van der Waals surface area contributed by atoms with Crippen molar-refractivity contribution >= 4 is 11.6 Å². The zero-order valence-corrected chi connectivity index (χ0v) is 9.70. The SMILES string of the molecule is COc1c(C)cc(Cl)c(F)c1CCCN. The van der Waals surface area contributed by atoms with Gasteiger partial charge in [0.2, 0.25) is 0 Å². The fraction of sp³-hybridized carbons (Fsp3) is 0.455. The van der Waals surface area contributed by atoms with E-state index < -0.39 is 5.82 Å². The Morgan fingerprint density at radius 2 is 2.20 bits per heavy atom. The van der Waals surface area contributed by atoms with E-state index in [1.165, 1.54) is 7.11 Å². The van der Waals surface area contributed by atoms with Crippen LogP contribution in [0.2, 0.25) is 5.02 Å². The molecule has 15 heavy (non-hydrogen) atoms.